The number of aryl methyl sites for hydroxylation is 2. The summed E-state index contributed by atoms with van der Waals surface area (Å²) >= 11 is 7.93. The van der Waals surface area contributed by atoms with Crippen molar-refractivity contribution in [3.63, 3.8) is 0 Å². The molecule has 0 aliphatic carbocycles. The molecular formula is C22H23ClN4O4S. The average molecular weight is 475 g/mol. The van der Waals surface area contributed by atoms with E-state index in [1.165, 1.54) is 17.8 Å². The van der Waals surface area contributed by atoms with Gasteiger partial charge in [0.1, 0.15) is 17.3 Å². The summed E-state index contributed by atoms with van der Waals surface area (Å²) in [4.78, 5) is 19.6. The fourth-order valence-electron chi connectivity index (χ4n) is 3.14. The number of hydrogen-bond acceptors (Lipinski definition) is 8. The molecule has 0 aliphatic rings. The number of aromatic nitrogens is 2. The van der Waals surface area contributed by atoms with Crippen LogP contribution in [0.25, 0.3) is 0 Å². The van der Waals surface area contributed by atoms with Crippen molar-refractivity contribution < 1.29 is 14.4 Å². The Morgan fingerprint density at radius 2 is 1.94 bits per heavy atom. The zero-order valence-corrected chi connectivity index (χ0v) is 19.5. The summed E-state index contributed by atoms with van der Waals surface area (Å²) in [6, 6.07) is 10.1. The predicted octanol–water partition coefficient (Wildman–Crippen LogP) is 5.17. The lowest BCUT2D eigenvalue weighted by atomic mass is 10.0. The van der Waals surface area contributed by atoms with Gasteiger partial charge in [0.25, 0.3) is 5.69 Å². The number of benzene rings is 2. The zero-order valence-electron chi connectivity index (χ0n) is 17.9. The van der Waals surface area contributed by atoms with Crippen molar-refractivity contribution in [1.82, 2.24) is 9.97 Å². The quantitative estimate of drug-likeness (QED) is 0.186. The van der Waals surface area contributed by atoms with Crippen LogP contribution in [0.1, 0.15) is 16.7 Å². The first-order valence-corrected chi connectivity index (χ1v) is 11.3. The van der Waals surface area contributed by atoms with E-state index in [2.05, 4.69) is 15.3 Å². The number of nitrogens with one attached hydrogen (secondary N) is 1. The molecule has 168 valence electrons. The van der Waals surface area contributed by atoms with Gasteiger partial charge in [0.15, 0.2) is 5.16 Å². The zero-order chi connectivity index (χ0) is 23.1. The molecule has 0 spiro atoms. The van der Waals surface area contributed by atoms with Crippen molar-refractivity contribution in [1.29, 1.82) is 0 Å². The van der Waals surface area contributed by atoms with Crippen LogP contribution >= 0.6 is 23.4 Å². The van der Waals surface area contributed by atoms with Crippen molar-refractivity contribution >= 4 is 34.9 Å². The van der Waals surface area contributed by atoms with Gasteiger partial charge < -0.3 is 14.8 Å². The Kier molecular flexibility index (Phi) is 8.13. The van der Waals surface area contributed by atoms with Gasteiger partial charge in [-0.25, -0.2) is 9.97 Å². The number of hydrogen-bond donors (Lipinski definition) is 1. The van der Waals surface area contributed by atoms with Gasteiger partial charge in [-0.2, -0.15) is 0 Å². The molecule has 0 amide bonds. The molecule has 1 aromatic heterocycles. The number of anilines is 1. The van der Waals surface area contributed by atoms with E-state index < -0.39 is 4.92 Å². The molecule has 3 aromatic rings. The van der Waals surface area contributed by atoms with Gasteiger partial charge in [-0.3, -0.25) is 10.1 Å². The standard InChI is InChI=1S/C22H23ClN4O4S/c1-30-18-10-15(20(23)19(11-18)31-2)7-8-16-13-25-22(32-3)26-21(16)24-12-14-5-4-6-17(9-14)27(28)29/h4-6,9-11,13H,7-8,12H2,1-3H3,(H,24,25,26). The number of ether oxygens (including phenoxy) is 2. The highest BCUT2D eigenvalue weighted by molar-refractivity contribution is 7.98. The molecule has 1 heterocycles. The molecule has 0 bridgehead atoms. The third kappa shape index (κ3) is 5.80. The summed E-state index contributed by atoms with van der Waals surface area (Å²) in [6.07, 6.45) is 4.95. The summed E-state index contributed by atoms with van der Waals surface area (Å²) < 4.78 is 10.7. The molecule has 1 N–H and O–H groups in total. The van der Waals surface area contributed by atoms with Crippen molar-refractivity contribution in [2.75, 3.05) is 25.8 Å². The maximum Gasteiger partial charge on any atom is 0.269 e. The van der Waals surface area contributed by atoms with Gasteiger partial charge in [-0.15, -0.1) is 0 Å². The van der Waals surface area contributed by atoms with Crippen LogP contribution in [-0.4, -0.2) is 35.4 Å². The summed E-state index contributed by atoms with van der Waals surface area (Å²) in [6.45, 7) is 0.396. The Labute approximate surface area is 195 Å². The van der Waals surface area contributed by atoms with Crippen molar-refractivity contribution in [3.05, 3.63) is 74.4 Å². The first-order valence-electron chi connectivity index (χ1n) is 9.72. The van der Waals surface area contributed by atoms with Crippen LogP contribution in [0.4, 0.5) is 11.5 Å². The highest BCUT2D eigenvalue weighted by Crippen LogP contribution is 2.34. The van der Waals surface area contributed by atoms with Gasteiger partial charge in [0.05, 0.1) is 24.2 Å². The van der Waals surface area contributed by atoms with E-state index >= 15 is 0 Å². The fourth-order valence-corrected chi connectivity index (χ4v) is 3.76. The second kappa shape index (κ2) is 11.0. The Hall–Kier alpha value is -3.04. The molecule has 0 saturated carbocycles. The van der Waals surface area contributed by atoms with E-state index in [4.69, 9.17) is 21.1 Å². The Morgan fingerprint density at radius 3 is 2.62 bits per heavy atom. The molecule has 2 aromatic carbocycles. The molecule has 0 atom stereocenters. The van der Waals surface area contributed by atoms with Gasteiger partial charge in [-0.1, -0.05) is 35.5 Å². The monoisotopic (exact) mass is 474 g/mol. The van der Waals surface area contributed by atoms with Crippen molar-refractivity contribution in [2.24, 2.45) is 0 Å². The summed E-state index contributed by atoms with van der Waals surface area (Å²) in [7, 11) is 3.16. The van der Waals surface area contributed by atoms with Crippen molar-refractivity contribution in [3.8, 4) is 11.5 Å². The lowest BCUT2D eigenvalue weighted by molar-refractivity contribution is -0.384. The smallest absolute Gasteiger partial charge is 0.269 e. The van der Waals surface area contributed by atoms with E-state index in [-0.39, 0.29) is 5.69 Å². The van der Waals surface area contributed by atoms with Crippen LogP contribution in [0.5, 0.6) is 11.5 Å². The topological polar surface area (TPSA) is 99.4 Å². The minimum Gasteiger partial charge on any atom is -0.497 e. The van der Waals surface area contributed by atoms with Gasteiger partial charge in [0.2, 0.25) is 0 Å². The minimum absolute atomic E-state index is 0.0543. The van der Waals surface area contributed by atoms with Crippen LogP contribution in [0.15, 0.2) is 47.8 Å². The van der Waals surface area contributed by atoms with Crippen LogP contribution in [0.2, 0.25) is 5.02 Å². The lowest BCUT2D eigenvalue weighted by Crippen LogP contribution is -2.08. The number of nitrogens with zero attached hydrogens (tertiary/aromatic N) is 3. The first-order chi connectivity index (χ1) is 15.4. The van der Waals surface area contributed by atoms with E-state index in [1.54, 1.807) is 38.6 Å². The number of non-ortho nitro benzene ring substituents is 1. The summed E-state index contributed by atoms with van der Waals surface area (Å²) in [5.74, 6) is 1.90. The third-order valence-electron chi connectivity index (χ3n) is 4.81. The molecule has 0 fully saturated rings. The molecule has 3 rings (SSSR count). The number of rotatable bonds is 10. The highest BCUT2D eigenvalue weighted by atomic mass is 35.5. The van der Waals surface area contributed by atoms with E-state index in [1.807, 2.05) is 18.4 Å². The normalized spacial score (nSPS) is 10.6. The average Bonchev–Trinajstić information content (AvgIpc) is 2.82. The van der Waals surface area contributed by atoms with Crippen LogP contribution in [-0.2, 0) is 19.4 Å². The highest BCUT2D eigenvalue weighted by Gasteiger charge is 2.14. The van der Waals surface area contributed by atoms with Gasteiger partial charge in [-0.05, 0) is 36.3 Å². The number of thioether (sulfide) groups is 1. The summed E-state index contributed by atoms with van der Waals surface area (Å²) in [5, 5.41) is 15.5. The molecule has 10 heteroatoms. The molecule has 0 unspecified atom stereocenters. The van der Waals surface area contributed by atoms with Gasteiger partial charge in [0, 0.05) is 36.5 Å². The Balaban J connectivity index is 1.81. The van der Waals surface area contributed by atoms with Crippen molar-refractivity contribution in [2.45, 2.75) is 24.5 Å². The van der Waals surface area contributed by atoms with Crippen LogP contribution < -0.4 is 14.8 Å². The maximum atomic E-state index is 11.0. The molecule has 8 nitrogen and oxygen atoms in total. The van der Waals surface area contributed by atoms with Crippen LogP contribution in [0.3, 0.4) is 0 Å². The summed E-state index contributed by atoms with van der Waals surface area (Å²) in [5.41, 5.74) is 2.64. The number of nitro benzene ring substituents is 1. The molecule has 0 aliphatic heterocycles. The Bertz CT molecular complexity index is 1110. The van der Waals surface area contributed by atoms with E-state index in [0.717, 1.165) is 16.7 Å². The minimum atomic E-state index is -0.405. The van der Waals surface area contributed by atoms with E-state index in [0.29, 0.717) is 46.9 Å². The van der Waals surface area contributed by atoms with Gasteiger partial charge >= 0.3 is 0 Å². The van der Waals surface area contributed by atoms with E-state index in [9.17, 15) is 10.1 Å². The lowest BCUT2D eigenvalue weighted by Gasteiger charge is -2.14. The third-order valence-corrected chi connectivity index (χ3v) is 5.80. The predicted molar refractivity (Wildman–Crippen MR) is 126 cm³/mol. The number of nitro groups is 1. The number of halogens is 1. The molecule has 0 saturated heterocycles. The fraction of sp³-hybridized carbons (Fsp3) is 0.273. The molecular weight excluding hydrogens is 452 g/mol. The molecule has 32 heavy (non-hydrogen) atoms. The number of methoxy groups -OCH3 is 2. The largest absolute Gasteiger partial charge is 0.497 e. The SMILES string of the molecule is COc1cc(CCc2cnc(SC)nc2NCc2cccc([N+](=O)[O-])c2)c(Cl)c(OC)c1. The van der Waals surface area contributed by atoms with Crippen LogP contribution in [0, 0.1) is 10.1 Å². The molecule has 0 radical (unpaired) electrons. The second-order valence-electron chi connectivity index (χ2n) is 6.81. The first kappa shape index (κ1) is 23.6. The maximum absolute atomic E-state index is 11.0. The second-order valence-corrected chi connectivity index (χ2v) is 7.97. The Morgan fingerprint density at radius 1 is 1.16 bits per heavy atom.